The van der Waals surface area contributed by atoms with E-state index < -0.39 is 0 Å². The molecule has 0 aliphatic carbocycles. The Bertz CT molecular complexity index is 837. The molecule has 4 aromatic carbocycles. The van der Waals surface area contributed by atoms with Crippen LogP contribution in [0.25, 0.3) is 21.5 Å². The second-order valence-electron chi connectivity index (χ2n) is 5.11. The topological polar surface area (TPSA) is 0 Å². The van der Waals surface area contributed by atoms with Crippen molar-refractivity contribution in [3.63, 3.8) is 0 Å². The Balaban J connectivity index is 1.87. The highest BCUT2D eigenvalue weighted by molar-refractivity contribution is 7.56. The van der Waals surface area contributed by atoms with Crippen LogP contribution in [0.5, 0.6) is 0 Å². The third-order valence-electron chi connectivity index (χ3n) is 3.77. The first kappa shape index (κ1) is 12.6. The summed E-state index contributed by atoms with van der Waals surface area (Å²) in [5.41, 5.74) is 0. The Kier molecular flexibility index (Phi) is 3.18. The van der Waals surface area contributed by atoms with Crippen molar-refractivity contribution in [2.24, 2.45) is 0 Å². The fourth-order valence-electron chi connectivity index (χ4n) is 2.74. The molecule has 0 saturated carbocycles. The summed E-state index contributed by atoms with van der Waals surface area (Å²) in [4.78, 5) is 0. The summed E-state index contributed by atoms with van der Waals surface area (Å²) in [6.07, 6.45) is 0. The van der Waals surface area contributed by atoms with Gasteiger partial charge < -0.3 is 0 Å². The van der Waals surface area contributed by atoms with Gasteiger partial charge in [-0.15, -0.1) is 0 Å². The molecule has 0 aromatic heterocycles. The van der Waals surface area contributed by atoms with E-state index in [1.807, 2.05) is 0 Å². The molecular formula is C20H14P. The molecule has 4 rings (SSSR count). The van der Waals surface area contributed by atoms with Crippen molar-refractivity contribution in [1.82, 2.24) is 0 Å². The van der Waals surface area contributed by atoms with Gasteiger partial charge in [-0.1, -0.05) is 84.9 Å². The van der Waals surface area contributed by atoms with Gasteiger partial charge in [0.25, 0.3) is 0 Å². The highest BCUT2D eigenvalue weighted by Gasteiger charge is 2.05. The number of hydrogen-bond donors (Lipinski definition) is 0. The third-order valence-corrected chi connectivity index (χ3v) is 5.04. The van der Waals surface area contributed by atoms with Gasteiger partial charge in [0.05, 0.1) is 0 Å². The average Bonchev–Trinajstić information content (AvgIpc) is 2.56. The second kappa shape index (κ2) is 5.31. The van der Waals surface area contributed by atoms with E-state index in [0.717, 1.165) is 0 Å². The minimum atomic E-state index is 1.27. The van der Waals surface area contributed by atoms with E-state index >= 15 is 0 Å². The second-order valence-corrected chi connectivity index (χ2v) is 6.30. The first-order valence-corrected chi connectivity index (χ1v) is 7.98. The van der Waals surface area contributed by atoms with Gasteiger partial charge >= 0.3 is 0 Å². The molecule has 0 aliphatic heterocycles. The molecule has 0 atom stereocenters. The van der Waals surface area contributed by atoms with E-state index in [4.69, 9.17) is 0 Å². The smallest absolute Gasteiger partial charge is 0.00678 e. The van der Waals surface area contributed by atoms with Crippen LogP contribution in [0.1, 0.15) is 0 Å². The lowest BCUT2D eigenvalue weighted by atomic mass is 10.1. The summed E-state index contributed by atoms with van der Waals surface area (Å²) in [5, 5.41) is 8.03. The van der Waals surface area contributed by atoms with Gasteiger partial charge in [-0.25, -0.2) is 0 Å². The zero-order valence-corrected chi connectivity index (χ0v) is 12.4. The molecule has 0 nitrogen and oxygen atoms in total. The summed E-state index contributed by atoms with van der Waals surface area (Å²) >= 11 is 0. The maximum atomic E-state index is 2.23. The third kappa shape index (κ3) is 2.33. The molecule has 21 heavy (non-hydrogen) atoms. The molecule has 0 spiro atoms. The van der Waals surface area contributed by atoms with Crippen LogP contribution in [0.15, 0.2) is 84.9 Å². The van der Waals surface area contributed by atoms with Gasteiger partial charge in [-0.3, -0.25) is 0 Å². The van der Waals surface area contributed by atoms with Crippen LogP contribution in [0.4, 0.5) is 0 Å². The van der Waals surface area contributed by atoms with Gasteiger partial charge in [0.15, 0.2) is 0 Å². The standard InChI is InChI=1S/C20H14P/c1-3-11-17-15(7-1)9-5-13-19(17)21-20-14-6-10-16-8-2-4-12-18(16)20/h1-14H. The van der Waals surface area contributed by atoms with Crippen LogP contribution in [-0.2, 0) is 0 Å². The Morgan fingerprint density at radius 2 is 0.857 bits per heavy atom. The van der Waals surface area contributed by atoms with Crippen molar-refractivity contribution in [2.75, 3.05) is 0 Å². The van der Waals surface area contributed by atoms with E-state index in [1.54, 1.807) is 0 Å². The highest BCUT2D eigenvalue weighted by atomic mass is 31.1. The Morgan fingerprint density at radius 1 is 0.429 bits per heavy atom. The number of benzene rings is 4. The molecule has 0 unspecified atom stereocenters. The molecule has 0 fully saturated rings. The van der Waals surface area contributed by atoms with Crippen LogP contribution < -0.4 is 10.6 Å². The lowest BCUT2D eigenvalue weighted by molar-refractivity contribution is 1.77. The van der Waals surface area contributed by atoms with Gasteiger partial charge in [0, 0.05) is 0 Å². The van der Waals surface area contributed by atoms with Crippen molar-refractivity contribution in [3.05, 3.63) is 84.9 Å². The molecular weight excluding hydrogens is 271 g/mol. The molecule has 0 saturated heterocycles. The molecule has 0 bridgehead atoms. The molecule has 0 N–H and O–H groups in total. The van der Waals surface area contributed by atoms with E-state index in [2.05, 4.69) is 84.9 Å². The normalized spacial score (nSPS) is 11.0. The number of fused-ring (bicyclic) bond motifs is 2. The average molecular weight is 285 g/mol. The van der Waals surface area contributed by atoms with Crippen molar-refractivity contribution < 1.29 is 0 Å². The van der Waals surface area contributed by atoms with Gasteiger partial charge in [-0.2, -0.15) is 0 Å². The Hall–Kier alpha value is -2.17. The van der Waals surface area contributed by atoms with Crippen LogP contribution in [0.3, 0.4) is 0 Å². The monoisotopic (exact) mass is 285 g/mol. The van der Waals surface area contributed by atoms with E-state index in [-0.39, 0.29) is 0 Å². The lowest BCUT2D eigenvalue weighted by Crippen LogP contribution is -2.05. The zero-order valence-electron chi connectivity index (χ0n) is 11.5. The minimum Gasteiger partial charge on any atom is -0.0616 e. The fourth-order valence-corrected chi connectivity index (χ4v) is 3.97. The summed E-state index contributed by atoms with van der Waals surface area (Å²) in [6, 6.07) is 30.3. The molecule has 0 amide bonds. The van der Waals surface area contributed by atoms with Crippen molar-refractivity contribution in [3.8, 4) is 0 Å². The first-order chi connectivity index (χ1) is 10.4. The lowest BCUT2D eigenvalue weighted by Gasteiger charge is -2.08. The molecule has 1 radical (unpaired) electrons. The van der Waals surface area contributed by atoms with Crippen molar-refractivity contribution >= 4 is 40.7 Å². The minimum absolute atomic E-state index is 1.27. The maximum Gasteiger partial charge on any atom is -0.00678 e. The summed E-state index contributed by atoms with van der Waals surface area (Å²) < 4.78 is 0. The predicted octanol–water partition coefficient (Wildman–Crippen LogP) is 4.89. The molecule has 0 heterocycles. The fraction of sp³-hybridized carbons (Fsp3) is 0. The summed E-state index contributed by atoms with van der Waals surface area (Å²) in [5.74, 6) is 0. The quantitative estimate of drug-likeness (QED) is 0.460. The van der Waals surface area contributed by atoms with E-state index in [0.29, 0.717) is 0 Å². The van der Waals surface area contributed by atoms with Crippen LogP contribution in [0.2, 0.25) is 0 Å². The number of rotatable bonds is 2. The number of hydrogen-bond acceptors (Lipinski definition) is 0. The summed E-state index contributed by atoms with van der Waals surface area (Å²) in [7, 11) is 1.27. The molecule has 99 valence electrons. The Labute approximate surface area is 126 Å². The maximum absolute atomic E-state index is 2.23. The van der Waals surface area contributed by atoms with Gasteiger partial charge in [0.2, 0.25) is 0 Å². The largest absolute Gasteiger partial charge is 0.0616 e. The molecule has 1 heteroatoms. The van der Waals surface area contributed by atoms with E-state index in [9.17, 15) is 0 Å². The van der Waals surface area contributed by atoms with Crippen LogP contribution in [-0.4, -0.2) is 0 Å². The first-order valence-electron chi connectivity index (χ1n) is 7.09. The van der Waals surface area contributed by atoms with Gasteiger partial charge in [0.1, 0.15) is 0 Å². The zero-order chi connectivity index (χ0) is 14.1. The van der Waals surface area contributed by atoms with Crippen molar-refractivity contribution in [2.45, 2.75) is 0 Å². The van der Waals surface area contributed by atoms with Crippen molar-refractivity contribution in [1.29, 1.82) is 0 Å². The highest BCUT2D eigenvalue weighted by Crippen LogP contribution is 2.23. The van der Waals surface area contributed by atoms with Crippen LogP contribution >= 0.6 is 8.58 Å². The SMILES string of the molecule is c1ccc2c([P]c3cccc4ccccc34)cccc2c1. The Morgan fingerprint density at radius 3 is 1.38 bits per heavy atom. The predicted molar refractivity (Wildman–Crippen MR) is 94.1 cm³/mol. The summed E-state index contributed by atoms with van der Waals surface area (Å²) in [6.45, 7) is 0. The van der Waals surface area contributed by atoms with Gasteiger partial charge in [-0.05, 0) is 40.7 Å². The van der Waals surface area contributed by atoms with Crippen LogP contribution in [0, 0.1) is 0 Å². The molecule has 0 aliphatic rings. The van der Waals surface area contributed by atoms with E-state index in [1.165, 1.54) is 40.7 Å². The molecule has 4 aromatic rings.